The van der Waals surface area contributed by atoms with E-state index < -0.39 is 12.2 Å². The predicted molar refractivity (Wildman–Crippen MR) is 43.9 cm³/mol. The Morgan fingerprint density at radius 3 is 2.45 bits per heavy atom. The minimum atomic E-state index is -0.486. The lowest BCUT2D eigenvalue weighted by Crippen LogP contribution is -2.33. The highest BCUT2D eigenvalue weighted by Gasteiger charge is 2.26. The summed E-state index contributed by atoms with van der Waals surface area (Å²) in [4.78, 5) is 0. The van der Waals surface area contributed by atoms with Crippen LogP contribution in [-0.2, 0) is 0 Å². The van der Waals surface area contributed by atoms with E-state index in [1.54, 1.807) is 0 Å². The van der Waals surface area contributed by atoms with Crippen LogP contribution in [0.5, 0.6) is 0 Å². The van der Waals surface area contributed by atoms with Gasteiger partial charge in [-0.3, -0.25) is 0 Å². The Morgan fingerprint density at radius 2 is 1.91 bits per heavy atom. The molecule has 0 aromatic heterocycles. The minimum Gasteiger partial charge on any atom is -0.390 e. The van der Waals surface area contributed by atoms with Crippen molar-refractivity contribution in [3.8, 4) is 0 Å². The molecular weight excluding hydrogens is 140 g/mol. The molecule has 65 valence electrons. The highest BCUT2D eigenvalue weighted by molar-refractivity contribution is 4.78. The van der Waals surface area contributed by atoms with E-state index in [1.165, 1.54) is 0 Å². The summed E-state index contributed by atoms with van der Waals surface area (Å²) in [6.07, 6.45) is 3.63. The quantitative estimate of drug-likeness (QED) is 0.630. The van der Waals surface area contributed by atoms with E-state index >= 15 is 0 Å². The summed E-state index contributed by atoms with van der Waals surface area (Å²) < 4.78 is 0. The van der Waals surface area contributed by atoms with Crippen LogP contribution in [0.25, 0.3) is 0 Å². The molecule has 1 aliphatic rings. The van der Waals surface area contributed by atoms with Crippen LogP contribution in [0.3, 0.4) is 0 Å². The fourth-order valence-corrected chi connectivity index (χ4v) is 1.77. The molecule has 0 amide bonds. The fourth-order valence-electron chi connectivity index (χ4n) is 1.77. The van der Waals surface area contributed by atoms with E-state index in [1.807, 2.05) is 0 Å². The number of aliphatic hydroxyl groups excluding tert-OH is 2. The van der Waals surface area contributed by atoms with Crippen LogP contribution in [0.2, 0.25) is 0 Å². The van der Waals surface area contributed by atoms with Crippen molar-refractivity contribution in [3.63, 3.8) is 0 Å². The molecule has 0 spiro atoms. The van der Waals surface area contributed by atoms with Gasteiger partial charge in [0.15, 0.2) is 0 Å². The van der Waals surface area contributed by atoms with E-state index in [0.29, 0.717) is 5.92 Å². The standard InChI is InChI=1S/C9H17O2/c1-2-3-7-4-5-8(10)9(11)6-7/h7-11H,1-6H2. The smallest absolute Gasteiger partial charge is 0.0801 e. The average Bonchev–Trinajstić information content (AvgIpc) is 1.98. The first-order chi connectivity index (χ1) is 5.24. The number of rotatable bonds is 2. The largest absolute Gasteiger partial charge is 0.390 e. The molecule has 0 aliphatic heterocycles. The van der Waals surface area contributed by atoms with Gasteiger partial charge in [0, 0.05) is 0 Å². The first-order valence-electron chi connectivity index (χ1n) is 4.39. The SMILES string of the molecule is [CH2]CCC1CCC(O)C(O)C1. The highest BCUT2D eigenvalue weighted by Crippen LogP contribution is 2.27. The van der Waals surface area contributed by atoms with Gasteiger partial charge in [-0.05, 0) is 25.2 Å². The molecule has 0 heterocycles. The molecule has 1 saturated carbocycles. The number of hydrogen-bond donors (Lipinski definition) is 2. The number of hydrogen-bond acceptors (Lipinski definition) is 2. The predicted octanol–water partition coefficient (Wildman–Crippen LogP) is 1.12. The first-order valence-corrected chi connectivity index (χ1v) is 4.39. The van der Waals surface area contributed by atoms with Gasteiger partial charge in [0.2, 0.25) is 0 Å². The molecule has 0 saturated heterocycles. The average molecular weight is 157 g/mol. The van der Waals surface area contributed by atoms with Crippen molar-refractivity contribution < 1.29 is 10.2 Å². The van der Waals surface area contributed by atoms with Crippen molar-refractivity contribution in [2.24, 2.45) is 5.92 Å². The second kappa shape index (κ2) is 4.07. The second-order valence-corrected chi connectivity index (χ2v) is 3.46. The van der Waals surface area contributed by atoms with Crippen molar-refractivity contribution in [1.82, 2.24) is 0 Å². The van der Waals surface area contributed by atoms with E-state index in [4.69, 9.17) is 0 Å². The van der Waals surface area contributed by atoms with Crippen molar-refractivity contribution in [3.05, 3.63) is 6.92 Å². The Hall–Kier alpha value is -0.0800. The molecule has 2 heteroatoms. The van der Waals surface area contributed by atoms with Crippen LogP contribution in [0, 0.1) is 12.8 Å². The van der Waals surface area contributed by atoms with E-state index in [-0.39, 0.29) is 0 Å². The van der Waals surface area contributed by atoms with Crippen molar-refractivity contribution in [1.29, 1.82) is 0 Å². The van der Waals surface area contributed by atoms with Crippen molar-refractivity contribution in [2.75, 3.05) is 0 Å². The van der Waals surface area contributed by atoms with Gasteiger partial charge in [-0.2, -0.15) is 0 Å². The Bertz CT molecular complexity index is 114. The Kier molecular flexibility index (Phi) is 3.34. The lowest BCUT2D eigenvalue weighted by atomic mass is 9.83. The zero-order valence-corrected chi connectivity index (χ0v) is 6.87. The summed E-state index contributed by atoms with van der Waals surface area (Å²) in [5.74, 6) is 0.589. The topological polar surface area (TPSA) is 40.5 Å². The van der Waals surface area contributed by atoms with Gasteiger partial charge < -0.3 is 10.2 Å². The van der Waals surface area contributed by atoms with Crippen LogP contribution in [-0.4, -0.2) is 22.4 Å². The summed E-state index contributed by atoms with van der Waals surface area (Å²) in [7, 11) is 0. The van der Waals surface area contributed by atoms with E-state index in [0.717, 1.165) is 32.1 Å². The maximum absolute atomic E-state index is 9.30. The molecule has 3 atom stereocenters. The molecule has 2 N–H and O–H groups in total. The molecule has 3 unspecified atom stereocenters. The van der Waals surface area contributed by atoms with Gasteiger partial charge >= 0.3 is 0 Å². The van der Waals surface area contributed by atoms with Gasteiger partial charge in [0.1, 0.15) is 0 Å². The number of aliphatic hydroxyl groups is 2. The molecule has 0 aromatic rings. The van der Waals surface area contributed by atoms with Crippen LogP contribution >= 0.6 is 0 Å². The third kappa shape index (κ3) is 2.46. The third-order valence-electron chi connectivity index (χ3n) is 2.50. The summed E-state index contributed by atoms with van der Waals surface area (Å²) >= 11 is 0. The molecule has 1 fully saturated rings. The van der Waals surface area contributed by atoms with Gasteiger partial charge in [-0.1, -0.05) is 19.8 Å². The van der Waals surface area contributed by atoms with E-state index in [9.17, 15) is 10.2 Å². The van der Waals surface area contributed by atoms with Crippen LogP contribution in [0.4, 0.5) is 0 Å². The molecule has 11 heavy (non-hydrogen) atoms. The molecule has 2 nitrogen and oxygen atoms in total. The highest BCUT2D eigenvalue weighted by atomic mass is 16.3. The lowest BCUT2D eigenvalue weighted by Gasteiger charge is -2.29. The van der Waals surface area contributed by atoms with Crippen LogP contribution in [0.1, 0.15) is 32.1 Å². The van der Waals surface area contributed by atoms with Gasteiger partial charge in [0.25, 0.3) is 0 Å². The Balaban J connectivity index is 2.28. The third-order valence-corrected chi connectivity index (χ3v) is 2.50. The first kappa shape index (κ1) is 9.01. The molecule has 1 aliphatic carbocycles. The normalized spacial score (nSPS) is 39.0. The fraction of sp³-hybridized carbons (Fsp3) is 0.889. The summed E-state index contributed by atoms with van der Waals surface area (Å²) in [6, 6.07) is 0. The molecule has 0 bridgehead atoms. The maximum Gasteiger partial charge on any atom is 0.0801 e. The van der Waals surface area contributed by atoms with Gasteiger partial charge in [-0.15, -0.1) is 0 Å². The zero-order chi connectivity index (χ0) is 8.27. The summed E-state index contributed by atoms with van der Waals surface area (Å²) in [5, 5.41) is 18.5. The van der Waals surface area contributed by atoms with Gasteiger partial charge in [0.05, 0.1) is 12.2 Å². The van der Waals surface area contributed by atoms with Gasteiger partial charge in [-0.25, -0.2) is 0 Å². The van der Waals surface area contributed by atoms with Crippen molar-refractivity contribution >= 4 is 0 Å². The lowest BCUT2D eigenvalue weighted by molar-refractivity contribution is -0.0263. The van der Waals surface area contributed by atoms with Crippen LogP contribution in [0.15, 0.2) is 0 Å². The summed E-state index contributed by atoms with van der Waals surface area (Å²) in [5.41, 5.74) is 0. The molecule has 1 radical (unpaired) electrons. The summed E-state index contributed by atoms with van der Waals surface area (Å²) in [6.45, 7) is 3.78. The Morgan fingerprint density at radius 1 is 1.18 bits per heavy atom. The molecular formula is C9H17O2. The minimum absolute atomic E-state index is 0.476. The molecule has 0 aromatic carbocycles. The van der Waals surface area contributed by atoms with Crippen LogP contribution < -0.4 is 0 Å². The Labute approximate surface area is 68.2 Å². The zero-order valence-electron chi connectivity index (χ0n) is 6.87. The van der Waals surface area contributed by atoms with Crippen molar-refractivity contribution in [2.45, 2.75) is 44.3 Å². The van der Waals surface area contributed by atoms with E-state index in [2.05, 4.69) is 6.92 Å². The maximum atomic E-state index is 9.30. The monoisotopic (exact) mass is 157 g/mol. The molecule has 1 rings (SSSR count). The second-order valence-electron chi connectivity index (χ2n) is 3.46.